The number of phenols is 1. The van der Waals surface area contributed by atoms with Gasteiger partial charge in [-0.2, -0.15) is 0 Å². The van der Waals surface area contributed by atoms with Crippen LogP contribution in [0.4, 0.5) is 0 Å². The Kier molecular flexibility index (Phi) is 5.63. The maximum atomic E-state index is 11.7. The minimum atomic E-state index is -0.140. The average Bonchev–Trinajstić information content (AvgIpc) is 3.48. The predicted octanol–water partition coefficient (Wildman–Crippen LogP) is 10.0. The first-order valence-corrected chi connectivity index (χ1v) is 13.5. The molecule has 0 unspecified atom stereocenters. The lowest BCUT2D eigenvalue weighted by molar-refractivity contribution is 0.478. The molecule has 0 aliphatic rings. The van der Waals surface area contributed by atoms with E-state index in [0.717, 1.165) is 60.5 Å². The molecular formula is C32H26ClNO2S. The second kappa shape index (κ2) is 8.76. The molecule has 0 fully saturated rings. The second-order valence-corrected chi connectivity index (χ2v) is 11.7. The van der Waals surface area contributed by atoms with E-state index in [0.29, 0.717) is 10.6 Å². The monoisotopic (exact) mass is 523 g/mol. The van der Waals surface area contributed by atoms with Crippen LogP contribution < -0.4 is 0 Å². The van der Waals surface area contributed by atoms with Crippen molar-refractivity contribution in [3.05, 3.63) is 94.3 Å². The van der Waals surface area contributed by atoms with Gasteiger partial charge in [0.1, 0.15) is 21.9 Å². The Balaban J connectivity index is 1.59. The van der Waals surface area contributed by atoms with Crippen LogP contribution in [-0.4, -0.2) is 10.1 Å². The molecule has 0 saturated carbocycles. The number of halogens is 1. The summed E-state index contributed by atoms with van der Waals surface area (Å²) in [6.45, 7) is 8.56. The highest BCUT2D eigenvalue weighted by Crippen LogP contribution is 2.46. The number of hydrogen-bond donors (Lipinski definition) is 1. The van der Waals surface area contributed by atoms with Gasteiger partial charge >= 0.3 is 0 Å². The topological polar surface area (TPSA) is 46.3 Å². The molecule has 37 heavy (non-hydrogen) atoms. The van der Waals surface area contributed by atoms with Crippen molar-refractivity contribution in [2.24, 2.45) is 0 Å². The summed E-state index contributed by atoms with van der Waals surface area (Å²) in [6.07, 6.45) is 0. The molecule has 1 N–H and O–H groups in total. The lowest BCUT2D eigenvalue weighted by Gasteiger charge is -2.22. The molecule has 0 saturated heterocycles. The fraction of sp³-hybridized carbons (Fsp3) is 0.156. The van der Waals surface area contributed by atoms with E-state index in [9.17, 15) is 5.11 Å². The Morgan fingerprint density at radius 2 is 1.59 bits per heavy atom. The summed E-state index contributed by atoms with van der Waals surface area (Å²) < 4.78 is 6.31. The zero-order valence-corrected chi connectivity index (χ0v) is 22.7. The molecule has 0 radical (unpaired) electrons. The van der Waals surface area contributed by atoms with Gasteiger partial charge in [0.05, 0.1) is 16.3 Å². The van der Waals surface area contributed by atoms with Gasteiger partial charge in [0.25, 0.3) is 0 Å². The molecule has 0 amide bonds. The quantitative estimate of drug-likeness (QED) is 0.251. The molecule has 0 bridgehead atoms. The number of furan rings is 1. The minimum absolute atomic E-state index is 0.140. The van der Waals surface area contributed by atoms with Crippen molar-refractivity contribution in [2.45, 2.75) is 33.1 Å². The number of thiazole rings is 1. The minimum Gasteiger partial charge on any atom is -0.507 e. The summed E-state index contributed by atoms with van der Waals surface area (Å²) in [5.41, 5.74) is 7.65. The molecule has 0 aliphatic heterocycles. The summed E-state index contributed by atoms with van der Waals surface area (Å²) in [4.78, 5) is 4.94. The van der Waals surface area contributed by atoms with E-state index < -0.39 is 0 Å². The third-order valence-corrected chi connectivity index (χ3v) is 8.07. The van der Waals surface area contributed by atoms with Crippen LogP contribution in [0.3, 0.4) is 0 Å². The Morgan fingerprint density at radius 1 is 0.865 bits per heavy atom. The van der Waals surface area contributed by atoms with Gasteiger partial charge in [0, 0.05) is 32.8 Å². The van der Waals surface area contributed by atoms with Crippen molar-refractivity contribution in [3.63, 3.8) is 0 Å². The molecule has 0 atom stereocenters. The smallest absolute Gasteiger partial charge is 0.143 e. The Morgan fingerprint density at radius 3 is 2.38 bits per heavy atom. The van der Waals surface area contributed by atoms with Crippen LogP contribution in [0.1, 0.15) is 31.9 Å². The number of nitrogens with zero attached hydrogens (tertiary/aromatic N) is 1. The highest BCUT2D eigenvalue weighted by Gasteiger charge is 2.24. The van der Waals surface area contributed by atoms with Crippen molar-refractivity contribution in [1.29, 1.82) is 0 Å². The molecule has 3 nitrogen and oxygen atoms in total. The molecule has 0 aliphatic carbocycles. The zero-order valence-electron chi connectivity index (χ0n) is 21.1. The standard InChI is InChI=1S/C32H26ClNO2S/c1-18-9-7-13-25(33)28(18)26-17-37-31(34-26)24-16-19(32(2,3)4)15-23(29(24)35)22-12-8-11-21-20-10-5-6-14-27(20)36-30(21)22/h5-17,35H,1-4H3. The number of hydrogen-bond acceptors (Lipinski definition) is 4. The van der Waals surface area contributed by atoms with Gasteiger partial charge in [-0.05, 0) is 47.7 Å². The van der Waals surface area contributed by atoms with Gasteiger partial charge < -0.3 is 9.52 Å². The van der Waals surface area contributed by atoms with Gasteiger partial charge in [0.15, 0.2) is 0 Å². The van der Waals surface area contributed by atoms with E-state index in [1.165, 1.54) is 11.3 Å². The number of aryl methyl sites for hydroxylation is 1. The van der Waals surface area contributed by atoms with E-state index in [4.69, 9.17) is 21.0 Å². The first kappa shape index (κ1) is 23.8. The maximum Gasteiger partial charge on any atom is 0.143 e. The molecule has 5 heteroatoms. The number of para-hydroxylation sites is 2. The highest BCUT2D eigenvalue weighted by molar-refractivity contribution is 7.13. The number of rotatable bonds is 3. The summed E-state index contributed by atoms with van der Waals surface area (Å²) in [6, 6.07) is 24.1. The molecule has 2 aromatic heterocycles. The molecule has 0 spiro atoms. The van der Waals surface area contributed by atoms with E-state index >= 15 is 0 Å². The van der Waals surface area contributed by atoms with Crippen LogP contribution in [0, 0.1) is 6.92 Å². The van der Waals surface area contributed by atoms with Crippen molar-refractivity contribution in [3.8, 4) is 38.7 Å². The second-order valence-electron chi connectivity index (χ2n) is 10.4. The Hall–Kier alpha value is -3.60. The first-order chi connectivity index (χ1) is 17.7. The van der Waals surface area contributed by atoms with Crippen molar-refractivity contribution >= 4 is 44.9 Å². The van der Waals surface area contributed by atoms with Gasteiger partial charge in [-0.25, -0.2) is 4.98 Å². The molecule has 184 valence electrons. The van der Waals surface area contributed by atoms with Crippen LogP contribution in [0.15, 0.2) is 82.6 Å². The zero-order chi connectivity index (χ0) is 25.9. The van der Waals surface area contributed by atoms with Crippen LogP contribution in [0.5, 0.6) is 5.75 Å². The maximum absolute atomic E-state index is 11.7. The molecule has 6 aromatic rings. The number of aromatic nitrogens is 1. The highest BCUT2D eigenvalue weighted by atomic mass is 35.5. The van der Waals surface area contributed by atoms with Gasteiger partial charge in [0.2, 0.25) is 0 Å². The lowest BCUT2D eigenvalue weighted by atomic mass is 9.83. The largest absolute Gasteiger partial charge is 0.507 e. The Labute approximate surface area is 225 Å². The Bertz CT molecular complexity index is 1790. The molecule has 6 rings (SSSR count). The average molecular weight is 524 g/mol. The molecule has 4 aromatic carbocycles. The number of benzene rings is 4. The summed E-state index contributed by atoms with van der Waals surface area (Å²) >= 11 is 8.04. The normalized spacial score (nSPS) is 12.0. The van der Waals surface area contributed by atoms with Crippen LogP contribution in [0.25, 0.3) is 54.9 Å². The summed E-state index contributed by atoms with van der Waals surface area (Å²) in [7, 11) is 0. The van der Waals surface area contributed by atoms with E-state index in [-0.39, 0.29) is 11.2 Å². The molecular weight excluding hydrogens is 498 g/mol. The predicted molar refractivity (Wildman–Crippen MR) is 156 cm³/mol. The van der Waals surface area contributed by atoms with Gasteiger partial charge in [-0.1, -0.05) is 80.9 Å². The van der Waals surface area contributed by atoms with Crippen LogP contribution in [0.2, 0.25) is 5.02 Å². The first-order valence-electron chi connectivity index (χ1n) is 12.2. The summed E-state index contributed by atoms with van der Waals surface area (Å²) in [5.74, 6) is 0.192. The number of fused-ring (bicyclic) bond motifs is 3. The molecule has 2 heterocycles. The van der Waals surface area contributed by atoms with Crippen molar-refractivity contribution in [2.75, 3.05) is 0 Å². The SMILES string of the molecule is Cc1cccc(Cl)c1-c1csc(-c2cc(C(C)(C)C)cc(-c3cccc4c3oc3ccccc34)c2O)n1. The van der Waals surface area contributed by atoms with E-state index in [1.807, 2.05) is 60.8 Å². The third kappa shape index (κ3) is 4.01. The number of aromatic hydroxyl groups is 1. The van der Waals surface area contributed by atoms with Gasteiger partial charge in [-0.15, -0.1) is 11.3 Å². The van der Waals surface area contributed by atoms with Crippen LogP contribution in [-0.2, 0) is 5.41 Å². The summed E-state index contributed by atoms with van der Waals surface area (Å²) in [5, 5.41) is 17.2. The fourth-order valence-corrected chi connectivity index (χ4v) is 6.01. The number of phenolic OH excluding ortho intramolecular Hbond substituents is 1. The van der Waals surface area contributed by atoms with E-state index in [1.54, 1.807) is 0 Å². The fourth-order valence-electron chi connectivity index (χ4n) is 4.86. The van der Waals surface area contributed by atoms with Crippen molar-refractivity contribution < 1.29 is 9.52 Å². The van der Waals surface area contributed by atoms with Gasteiger partial charge in [-0.3, -0.25) is 0 Å². The lowest BCUT2D eigenvalue weighted by Crippen LogP contribution is -2.11. The van der Waals surface area contributed by atoms with E-state index in [2.05, 4.69) is 45.0 Å². The van der Waals surface area contributed by atoms with Crippen LogP contribution >= 0.6 is 22.9 Å². The third-order valence-electron chi connectivity index (χ3n) is 6.88. The van der Waals surface area contributed by atoms with Crippen molar-refractivity contribution in [1.82, 2.24) is 4.98 Å².